The Hall–Kier alpha value is -4.67. The third-order valence-electron chi connectivity index (χ3n) is 6.24. The van der Waals surface area contributed by atoms with Crippen LogP contribution >= 0.6 is 0 Å². The molecule has 0 atom stereocenters. The molecule has 0 radical (unpaired) electrons. The number of rotatable bonds is 5. The van der Waals surface area contributed by atoms with E-state index in [1.54, 1.807) is 6.20 Å². The van der Waals surface area contributed by atoms with E-state index in [0.717, 1.165) is 40.8 Å². The second kappa shape index (κ2) is 8.84. The molecule has 0 unspecified atom stereocenters. The molecule has 0 aliphatic carbocycles. The maximum Gasteiger partial charge on any atom is 0.239 e. The highest BCUT2D eigenvalue weighted by Crippen LogP contribution is 2.36. The molecular formula is C25H25N9O2. The molecule has 0 saturated carbocycles. The highest BCUT2D eigenvalue weighted by molar-refractivity contribution is 5.88. The summed E-state index contributed by atoms with van der Waals surface area (Å²) >= 11 is 0. The summed E-state index contributed by atoms with van der Waals surface area (Å²) in [5.41, 5.74) is 5.24. The molecule has 6 rings (SSSR count). The summed E-state index contributed by atoms with van der Waals surface area (Å²) in [4.78, 5) is 33.6. The number of carbonyl (C=O) groups is 1. The molecule has 1 saturated heterocycles. The van der Waals surface area contributed by atoms with Crippen molar-refractivity contribution >= 4 is 45.8 Å². The van der Waals surface area contributed by atoms with Crippen LogP contribution in [-0.4, -0.2) is 59.2 Å². The zero-order valence-corrected chi connectivity index (χ0v) is 19.9. The first-order valence-electron chi connectivity index (χ1n) is 11.7. The number of nitrogens with one attached hydrogen (secondary N) is 3. The molecule has 2 aromatic carbocycles. The van der Waals surface area contributed by atoms with Crippen molar-refractivity contribution in [1.82, 2.24) is 25.3 Å². The van der Waals surface area contributed by atoms with Crippen molar-refractivity contribution in [1.29, 1.82) is 0 Å². The van der Waals surface area contributed by atoms with Gasteiger partial charge in [0.05, 0.1) is 30.8 Å². The Labute approximate surface area is 207 Å². The number of hydrogen-bond donors (Lipinski definition) is 3. The number of amides is 1. The van der Waals surface area contributed by atoms with Gasteiger partial charge in [-0.15, -0.1) is 0 Å². The van der Waals surface area contributed by atoms with Crippen molar-refractivity contribution in [2.24, 2.45) is 0 Å². The first kappa shape index (κ1) is 21.8. The fourth-order valence-electron chi connectivity index (χ4n) is 4.35. The van der Waals surface area contributed by atoms with Crippen molar-refractivity contribution in [3.63, 3.8) is 0 Å². The smallest absolute Gasteiger partial charge is 0.239 e. The summed E-state index contributed by atoms with van der Waals surface area (Å²) in [7, 11) is 2.05. The predicted molar refractivity (Wildman–Crippen MR) is 138 cm³/mol. The Balaban J connectivity index is 1.23. The summed E-state index contributed by atoms with van der Waals surface area (Å²) in [6.45, 7) is 4.21. The van der Waals surface area contributed by atoms with E-state index < -0.39 is 0 Å². The van der Waals surface area contributed by atoms with Crippen molar-refractivity contribution in [3.05, 3.63) is 54.5 Å². The quantitative estimate of drug-likeness (QED) is 0.391. The minimum atomic E-state index is -0.0473. The number of aryl methyl sites for hydroxylation is 1. The second-order valence-corrected chi connectivity index (χ2v) is 8.82. The molecule has 11 heteroatoms. The van der Waals surface area contributed by atoms with Gasteiger partial charge in [-0.25, -0.2) is 19.9 Å². The lowest BCUT2D eigenvalue weighted by Crippen LogP contribution is -2.48. The summed E-state index contributed by atoms with van der Waals surface area (Å²) < 4.78 is 6.17. The topological polar surface area (TPSA) is 120 Å². The van der Waals surface area contributed by atoms with Gasteiger partial charge in [-0.2, -0.15) is 0 Å². The molecule has 0 spiro atoms. The normalized spacial score (nSPS) is 14.9. The Kier molecular flexibility index (Phi) is 5.36. The number of piperazine rings is 1. The highest BCUT2D eigenvalue weighted by Gasteiger charge is 2.20. The van der Waals surface area contributed by atoms with Gasteiger partial charge >= 0.3 is 0 Å². The molecule has 2 aliphatic rings. The van der Waals surface area contributed by atoms with Gasteiger partial charge in [-0.3, -0.25) is 4.79 Å². The Morgan fingerprint density at radius 2 is 2.00 bits per heavy atom. The van der Waals surface area contributed by atoms with E-state index in [4.69, 9.17) is 4.74 Å². The number of fused-ring (bicyclic) bond motifs is 2. The lowest BCUT2D eigenvalue weighted by atomic mass is 10.2. The average molecular weight is 484 g/mol. The third-order valence-corrected chi connectivity index (χ3v) is 6.24. The number of aromatic nitrogens is 4. The van der Waals surface area contributed by atoms with Gasteiger partial charge in [0.2, 0.25) is 11.9 Å². The zero-order chi connectivity index (χ0) is 24.6. The maximum absolute atomic E-state index is 11.8. The Morgan fingerprint density at radius 3 is 2.86 bits per heavy atom. The van der Waals surface area contributed by atoms with Crippen LogP contribution in [0, 0.1) is 6.92 Å². The van der Waals surface area contributed by atoms with Gasteiger partial charge in [0.25, 0.3) is 0 Å². The van der Waals surface area contributed by atoms with Crippen molar-refractivity contribution < 1.29 is 9.53 Å². The van der Waals surface area contributed by atoms with E-state index in [-0.39, 0.29) is 12.5 Å². The Morgan fingerprint density at radius 1 is 1.08 bits per heavy atom. The SMILES string of the molecule is Cc1cc(Nc2ncnc3cnc(N4CCNC(=O)C4)nc23)ccc1Oc1ccc2c(c1)NCN2C. The number of nitrogens with zero attached hydrogens (tertiary/aromatic N) is 6. The maximum atomic E-state index is 11.8. The van der Waals surface area contributed by atoms with Crippen LogP contribution in [0.1, 0.15) is 5.56 Å². The van der Waals surface area contributed by atoms with E-state index in [0.29, 0.717) is 35.9 Å². The van der Waals surface area contributed by atoms with Gasteiger partial charge in [-0.05, 0) is 42.8 Å². The molecule has 36 heavy (non-hydrogen) atoms. The standard InChI is InChI=1S/C25H25N9O2/c1-15-9-16(3-6-21(15)36-17-4-5-20-18(10-17)30-14-33(20)2)31-24-23-19(28-13-29-24)11-27-25(32-23)34-8-7-26-22(35)12-34/h3-6,9-11,13,30H,7-8,12,14H2,1-2H3,(H,26,35)(H,28,29,31). The van der Waals surface area contributed by atoms with Crippen LogP contribution < -0.4 is 30.5 Å². The highest BCUT2D eigenvalue weighted by atomic mass is 16.5. The largest absolute Gasteiger partial charge is 0.457 e. The fraction of sp³-hybridized carbons (Fsp3) is 0.240. The van der Waals surface area contributed by atoms with Crippen molar-refractivity contribution in [3.8, 4) is 11.5 Å². The molecule has 2 aromatic heterocycles. The Bertz CT molecular complexity index is 1480. The lowest BCUT2D eigenvalue weighted by molar-refractivity contribution is -0.120. The molecule has 0 bridgehead atoms. The summed E-state index contributed by atoms with van der Waals surface area (Å²) in [5, 5.41) is 9.52. The monoisotopic (exact) mass is 483 g/mol. The van der Waals surface area contributed by atoms with Crippen LogP contribution in [0.2, 0.25) is 0 Å². The minimum Gasteiger partial charge on any atom is -0.457 e. The van der Waals surface area contributed by atoms with Crippen LogP contribution in [0.15, 0.2) is 48.9 Å². The number of ether oxygens (including phenoxy) is 1. The molecule has 1 amide bonds. The molecule has 1 fully saturated rings. The summed E-state index contributed by atoms with van der Waals surface area (Å²) in [6, 6.07) is 11.9. The van der Waals surface area contributed by atoms with Crippen LogP contribution in [0.3, 0.4) is 0 Å². The number of hydrogen-bond acceptors (Lipinski definition) is 10. The molecule has 182 valence electrons. The van der Waals surface area contributed by atoms with Crippen molar-refractivity contribution in [2.75, 3.05) is 53.8 Å². The number of anilines is 5. The van der Waals surface area contributed by atoms with Gasteiger partial charge in [-0.1, -0.05) is 0 Å². The van der Waals surface area contributed by atoms with Crippen molar-refractivity contribution in [2.45, 2.75) is 6.92 Å². The second-order valence-electron chi connectivity index (χ2n) is 8.82. The third kappa shape index (κ3) is 4.15. The molecule has 2 aliphatic heterocycles. The van der Waals surface area contributed by atoms with Gasteiger partial charge in [0, 0.05) is 31.9 Å². The minimum absolute atomic E-state index is 0.0473. The van der Waals surface area contributed by atoms with Gasteiger partial charge < -0.3 is 30.5 Å². The van der Waals surface area contributed by atoms with Crippen LogP contribution in [-0.2, 0) is 4.79 Å². The first-order valence-corrected chi connectivity index (χ1v) is 11.7. The molecule has 4 heterocycles. The first-order chi connectivity index (χ1) is 17.5. The number of benzene rings is 2. The molecule has 3 N–H and O–H groups in total. The van der Waals surface area contributed by atoms with E-state index in [2.05, 4.69) is 53.9 Å². The summed E-state index contributed by atoms with van der Waals surface area (Å²) in [6.07, 6.45) is 3.13. The fourth-order valence-corrected chi connectivity index (χ4v) is 4.35. The predicted octanol–water partition coefficient (Wildman–Crippen LogP) is 3.02. The van der Waals surface area contributed by atoms with Crippen LogP contribution in [0.4, 0.5) is 28.8 Å². The molecular weight excluding hydrogens is 458 g/mol. The van der Waals surface area contributed by atoms with E-state index in [1.807, 2.05) is 42.2 Å². The van der Waals surface area contributed by atoms with E-state index in [1.165, 1.54) is 6.33 Å². The van der Waals surface area contributed by atoms with E-state index in [9.17, 15) is 4.79 Å². The average Bonchev–Trinajstić information content (AvgIpc) is 3.25. The zero-order valence-electron chi connectivity index (χ0n) is 19.9. The van der Waals surface area contributed by atoms with Crippen LogP contribution in [0.5, 0.6) is 11.5 Å². The lowest BCUT2D eigenvalue weighted by Gasteiger charge is -2.26. The number of carbonyl (C=O) groups excluding carboxylic acids is 1. The summed E-state index contributed by atoms with van der Waals surface area (Å²) in [5.74, 6) is 2.54. The van der Waals surface area contributed by atoms with Gasteiger partial charge in [0.15, 0.2) is 5.82 Å². The molecule has 11 nitrogen and oxygen atoms in total. The van der Waals surface area contributed by atoms with Gasteiger partial charge in [0.1, 0.15) is 28.9 Å². The van der Waals surface area contributed by atoms with Crippen LogP contribution in [0.25, 0.3) is 11.0 Å². The molecule has 4 aromatic rings. The van der Waals surface area contributed by atoms with E-state index >= 15 is 0 Å².